The van der Waals surface area contributed by atoms with Gasteiger partial charge < -0.3 is 10.1 Å². The maximum absolute atomic E-state index is 11.8. The summed E-state index contributed by atoms with van der Waals surface area (Å²) < 4.78 is 6.33. The number of ether oxygens (including phenoxy) is 1. The van der Waals surface area contributed by atoms with E-state index < -0.39 is 0 Å². The second kappa shape index (κ2) is 6.78. The summed E-state index contributed by atoms with van der Waals surface area (Å²) in [5.74, 6) is -0.412. The predicted molar refractivity (Wildman–Crippen MR) is 66.1 cm³/mol. The summed E-state index contributed by atoms with van der Waals surface area (Å²) in [6.07, 6.45) is 0.889. The second-order valence-electron chi connectivity index (χ2n) is 3.96. The maximum Gasteiger partial charge on any atom is 0.305 e. The molecule has 0 unspecified atom stereocenters. The molecule has 0 aromatic carbocycles. The van der Waals surface area contributed by atoms with E-state index in [2.05, 4.69) is 10.4 Å². The summed E-state index contributed by atoms with van der Waals surface area (Å²) in [5, 5.41) is 6.84. The normalized spacial score (nSPS) is 10.2. The Balaban J connectivity index is 2.30. The van der Waals surface area contributed by atoms with Gasteiger partial charge in [0.2, 0.25) is 0 Å². The monoisotopic (exact) mass is 253 g/mol. The zero-order chi connectivity index (χ0) is 13.5. The molecule has 100 valence electrons. The van der Waals surface area contributed by atoms with Crippen LogP contribution in [0.1, 0.15) is 35.9 Å². The third kappa shape index (κ3) is 4.20. The van der Waals surface area contributed by atoms with Crippen LogP contribution >= 0.6 is 0 Å². The highest BCUT2D eigenvalue weighted by Crippen LogP contribution is 2.01. The lowest BCUT2D eigenvalue weighted by atomic mass is 10.3. The van der Waals surface area contributed by atoms with Crippen LogP contribution < -0.4 is 5.32 Å². The molecule has 0 aliphatic heterocycles. The molecule has 1 aromatic heterocycles. The zero-order valence-corrected chi connectivity index (χ0v) is 11.0. The molecule has 1 heterocycles. The van der Waals surface area contributed by atoms with E-state index in [4.69, 9.17) is 4.74 Å². The van der Waals surface area contributed by atoms with Crippen molar-refractivity contribution in [1.29, 1.82) is 0 Å². The number of hydrogen-bond donors (Lipinski definition) is 1. The van der Waals surface area contributed by atoms with E-state index in [0.717, 1.165) is 5.69 Å². The lowest BCUT2D eigenvalue weighted by Gasteiger charge is -2.05. The standard InChI is InChI=1S/C12H19N3O3/c1-4-18-11(16)6-5-7-13-12(17)10-8-9(2)14-15(10)3/h8H,4-7H2,1-3H3,(H,13,17). The minimum absolute atomic E-state index is 0.179. The summed E-state index contributed by atoms with van der Waals surface area (Å²) in [5.41, 5.74) is 1.32. The van der Waals surface area contributed by atoms with Crippen molar-refractivity contribution in [2.24, 2.45) is 7.05 Å². The van der Waals surface area contributed by atoms with Crippen LogP contribution in [-0.2, 0) is 16.6 Å². The van der Waals surface area contributed by atoms with Crippen LogP contribution in [0.3, 0.4) is 0 Å². The number of carbonyl (C=O) groups is 2. The molecule has 1 aromatic rings. The average molecular weight is 253 g/mol. The molecule has 6 heteroatoms. The molecular formula is C12H19N3O3. The molecule has 18 heavy (non-hydrogen) atoms. The lowest BCUT2D eigenvalue weighted by molar-refractivity contribution is -0.143. The Labute approximate surface area is 106 Å². The number of rotatable bonds is 6. The smallest absolute Gasteiger partial charge is 0.305 e. The number of esters is 1. The molecule has 0 saturated heterocycles. The Morgan fingerprint density at radius 2 is 2.22 bits per heavy atom. The van der Waals surface area contributed by atoms with Crippen molar-refractivity contribution >= 4 is 11.9 Å². The molecule has 0 atom stereocenters. The molecule has 0 bridgehead atoms. The SMILES string of the molecule is CCOC(=O)CCCNC(=O)c1cc(C)nn1C. The van der Waals surface area contributed by atoms with Crippen LogP contribution in [0.2, 0.25) is 0 Å². The van der Waals surface area contributed by atoms with Crippen molar-refractivity contribution < 1.29 is 14.3 Å². The summed E-state index contributed by atoms with van der Waals surface area (Å²) in [6.45, 7) is 4.43. The van der Waals surface area contributed by atoms with E-state index >= 15 is 0 Å². The first kappa shape index (κ1) is 14.2. The summed E-state index contributed by atoms with van der Waals surface area (Å²) in [4.78, 5) is 22.8. The van der Waals surface area contributed by atoms with Crippen LogP contribution in [0, 0.1) is 6.92 Å². The zero-order valence-electron chi connectivity index (χ0n) is 11.0. The van der Waals surface area contributed by atoms with Gasteiger partial charge in [-0.05, 0) is 26.3 Å². The number of amides is 1. The molecule has 0 radical (unpaired) electrons. The topological polar surface area (TPSA) is 73.2 Å². The van der Waals surface area contributed by atoms with Crippen LogP contribution in [0.25, 0.3) is 0 Å². The predicted octanol–water partition coefficient (Wildman–Crippen LogP) is 0.802. The van der Waals surface area contributed by atoms with Crippen molar-refractivity contribution in [3.05, 3.63) is 17.5 Å². The Kier molecular flexibility index (Phi) is 5.35. The van der Waals surface area contributed by atoms with E-state index in [1.165, 1.54) is 4.68 Å². The molecule has 0 aliphatic carbocycles. The van der Waals surface area contributed by atoms with E-state index in [-0.39, 0.29) is 11.9 Å². The minimum atomic E-state index is -0.233. The molecule has 0 aliphatic rings. The van der Waals surface area contributed by atoms with Gasteiger partial charge in [0.1, 0.15) is 5.69 Å². The number of aromatic nitrogens is 2. The second-order valence-corrected chi connectivity index (χ2v) is 3.96. The van der Waals surface area contributed by atoms with Gasteiger partial charge in [0, 0.05) is 20.0 Å². The first-order valence-corrected chi connectivity index (χ1v) is 5.99. The number of carbonyl (C=O) groups excluding carboxylic acids is 2. The van der Waals surface area contributed by atoms with Crippen molar-refractivity contribution in [1.82, 2.24) is 15.1 Å². The first-order valence-electron chi connectivity index (χ1n) is 5.99. The van der Waals surface area contributed by atoms with E-state index in [1.807, 2.05) is 6.92 Å². The lowest BCUT2D eigenvalue weighted by Crippen LogP contribution is -2.27. The third-order valence-electron chi connectivity index (χ3n) is 2.38. The van der Waals surface area contributed by atoms with Gasteiger partial charge in [-0.1, -0.05) is 0 Å². The fraction of sp³-hybridized carbons (Fsp3) is 0.583. The Morgan fingerprint density at radius 1 is 1.50 bits per heavy atom. The van der Waals surface area contributed by atoms with Crippen molar-refractivity contribution in [3.63, 3.8) is 0 Å². The molecule has 0 saturated carbocycles. The van der Waals surface area contributed by atoms with Crippen molar-refractivity contribution in [2.75, 3.05) is 13.2 Å². The molecule has 1 N–H and O–H groups in total. The summed E-state index contributed by atoms with van der Waals surface area (Å²) in [7, 11) is 1.72. The molecule has 0 fully saturated rings. The fourth-order valence-corrected chi connectivity index (χ4v) is 1.58. The number of aryl methyl sites for hydroxylation is 2. The van der Waals surface area contributed by atoms with Crippen LogP contribution in [0.4, 0.5) is 0 Å². The molecular weight excluding hydrogens is 234 g/mol. The Bertz CT molecular complexity index is 426. The number of nitrogens with one attached hydrogen (secondary N) is 1. The van der Waals surface area contributed by atoms with Crippen LogP contribution in [0.15, 0.2) is 6.07 Å². The molecule has 1 rings (SSSR count). The molecule has 0 spiro atoms. The summed E-state index contributed by atoms with van der Waals surface area (Å²) in [6, 6.07) is 1.72. The first-order chi connectivity index (χ1) is 8.54. The minimum Gasteiger partial charge on any atom is -0.466 e. The van der Waals surface area contributed by atoms with E-state index in [1.54, 1.807) is 20.0 Å². The number of nitrogens with zero attached hydrogens (tertiary/aromatic N) is 2. The van der Waals surface area contributed by atoms with Crippen molar-refractivity contribution in [2.45, 2.75) is 26.7 Å². The highest BCUT2D eigenvalue weighted by Gasteiger charge is 2.11. The van der Waals surface area contributed by atoms with Gasteiger partial charge in [0.05, 0.1) is 12.3 Å². The van der Waals surface area contributed by atoms with Crippen LogP contribution in [-0.4, -0.2) is 34.8 Å². The van der Waals surface area contributed by atoms with Crippen molar-refractivity contribution in [3.8, 4) is 0 Å². The third-order valence-corrected chi connectivity index (χ3v) is 2.38. The average Bonchev–Trinajstić information content (AvgIpc) is 2.64. The van der Waals surface area contributed by atoms with E-state index in [9.17, 15) is 9.59 Å². The van der Waals surface area contributed by atoms with Gasteiger partial charge in [-0.3, -0.25) is 14.3 Å². The van der Waals surface area contributed by atoms with Crippen LogP contribution in [0.5, 0.6) is 0 Å². The highest BCUT2D eigenvalue weighted by atomic mass is 16.5. The van der Waals surface area contributed by atoms with Gasteiger partial charge in [-0.2, -0.15) is 5.10 Å². The fourth-order valence-electron chi connectivity index (χ4n) is 1.58. The summed E-state index contributed by atoms with van der Waals surface area (Å²) >= 11 is 0. The highest BCUT2D eigenvalue weighted by molar-refractivity contribution is 5.92. The van der Waals surface area contributed by atoms with Gasteiger partial charge >= 0.3 is 5.97 Å². The largest absolute Gasteiger partial charge is 0.466 e. The van der Waals surface area contributed by atoms with E-state index in [0.29, 0.717) is 31.7 Å². The van der Waals surface area contributed by atoms with Gasteiger partial charge in [-0.15, -0.1) is 0 Å². The number of hydrogen-bond acceptors (Lipinski definition) is 4. The van der Waals surface area contributed by atoms with Gasteiger partial charge in [-0.25, -0.2) is 0 Å². The quantitative estimate of drug-likeness (QED) is 0.601. The Hall–Kier alpha value is -1.85. The molecule has 6 nitrogen and oxygen atoms in total. The maximum atomic E-state index is 11.8. The Morgan fingerprint density at radius 3 is 2.78 bits per heavy atom. The van der Waals surface area contributed by atoms with Gasteiger partial charge in [0.15, 0.2) is 0 Å². The van der Waals surface area contributed by atoms with Gasteiger partial charge in [0.25, 0.3) is 5.91 Å². The molecule has 1 amide bonds.